The minimum Gasteiger partial charge on any atom is -0.300 e. The van der Waals surface area contributed by atoms with E-state index in [0.717, 1.165) is 26.1 Å². The van der Waals surface area contributed by atoms with Crippen molar-refractivity contribution in [1.29, 1.82) is 0 Å². The van der Waals surface area contributed by atoms with Crippen LogP contribution in [0.1, 0.15) is 32.1 Å². The molecular formula is C18H25FN2O2S. The highest BCUT2D eigenvalue weighted by molar-refractivity contribution is 7.89. The lowest BCUT2D eigenvalue weighted by Crippen LogP contribution is -2.48. The molecule has 0 unspecified atom stereocenters. The Morgan fingerprint density at radius 1 is 1.00 bits per heavy atom. The molecule has 1 aromatic carbocycles. The number of nitrogens with zero attached hydrogens (tertiary/aromatic N) is 2. The topological polar surface area (TPSA) is 40.6 Å². The molecule has 0 radical (unpaired) electrons. The molecule has 1 aliphatic heterocycles. The summed E-state index contributed by atoms with van der Waals surface area (Å²) in [6.45, 7) is 3.52. The van der Waals surface area contributed by atoms with E-state index in [0.29, 0.717) is 13.1 Å². The zero-order valence-corrected chi connectivity index (χ0v) is 14.8. The third-order valence-corrected chi connectivity index (χ3v) is 6.83. The maximum atomic E-state index is 13.0. The van der Waals surface area contributed by atoms with Gasteiger partial charge in [-0.25, -0.2) is 12.8 Å². The summed E-state index contributed by atoms with van der Waals surface area (Å²) in [6, 6.07) is 5.07. The van der Waals surface area contributed by atoms with E-state index in [2.05, 4.69) is 11.0 Å². The summed E-state index contributed by atoms with van der Waals surface area (Å²) in [4.78, 5) is 2.51. The van der Waals surface area contributed by atoms with Gasteiger partial charge in [0.2, 0.25) is 10.0 Å². The normalized spacial score (nSPS) is 20.8. The first-order valence-corrected chi connectivity index (χ1v) is 10.2. The number of hydrogen-bond acceptors (Lipinski definition) is 3. The molecule has 0 saturated carbocycles. The van der Waals surface area contributed by atoms with Crippen LogP contribution in [0, 0.1) is 5.82 Å². The highest BCUT2D eigenvalue weighted by atomic mass is 32.2. The lowest BCUT2D eigenvalue weighted by Gasteiger charge is -2.34. The summed E-state index contributed by atoms with van der Waals surface area (Å²) < 4.78 is 39.7. The molecule has 0 aromatic heterocycles. The lowest BCUT2D eigenvalue weighted by molar-refractivity contribution is 0.189. The summed E-state index contributed by atoms with van der Waals surface area (Å²) in [5.41, 5.74) is 1.56. The van der Waals surface area contributed by atoms with Crippen LogP contribution in [0.4, 0.5) is 4.39 Å². The van der Waals surface area contributed by atoms with Crippen LogP contribution in [-0.4, -0.2) is 50.3 Å². The molecule has 1 aliphatic carbocycles. The van der Waals surface area contributed by atoms with Crippen LogP contribution in [0.3, 0.4) is 0 Å². The van der Waals surface area contributed by atoms with Gasteiger partial charge in [-0.2, -0.15) is 4.31 Å². The maximum Gasteiger partial charge on any atom is 0.243 e. The van der Waals surface area contributed by atoms with E-state index in [-0.39, 0.29) is 4.90 Å². The Kier molecular flexibility index (Phi) is 5.69. The van der Waals surface area contributed by atoms with E-state index >= 15 is 0 Å². The highest BCUT2D eigenvalue weighted by Gasteiger charge is 2.28. The largest absolute Gasteiger partial charge is 0.300 e. The van der Waals surface area contributed by atoms with Crippen LogP contribution < -0.4 is 0 Å². The second-order valence-electron chi connectivity index (χ2n) is 6.56. The molecule has 132 valence electrons. The summed E-state index contributed by atoms with van der Waals surface area (Å²) in [7, 11) is -3.51. The van der Waals surface area contributed by atoms with Crippen molar-refractivity contribution in [2.75, 3.05) is 32.7 Å². The van der Waals surface area contributed by atoms with E-state index in [1.165, 1.54) is 54.3 Å². The van der Waals surface area contributed by atoms with Crippen molar-refractivity contribution in [3.05, 3.63) is 41.7 Å². The van der Waals surface area contributed by atoms with Crippen molar-refractivity contribution in [3.8, 4) is 0 Å². The van der Waals surface area contributed by atoms with Gasteiger partial charge in [-0.3, -0.25) is 0 Å². The standard InChI is InChI=1S/C18H25FN2O2S/c19-17-6-8-18(9-7-17)24(22,23)21-14-12-20(13-15-21)11-10-16-4-2-1-3-5-16/h4,6-9H,1-3,5,10-15H2. The Morgan fingerprint density at radius 3 is 2.33 bits per heavy atom. The molecule has 0 amide bonds. The van der Waals surface area contributed by atoms with Crippen LogP contribution in [0.5, 0.6) is 0 Å². The van der Waals surface area contributed by atoms with Gasteiger partial charge in [-0.15, -0.1) is 0 Å². The van der Waals surface area contributed by atoms with Crippen LogP contribution in [0.15, 0.2) is 40.8 Å². The fraction of sp³-hybridized carbons (Fsp3) is 0.556. The Morgan fingerprint density at radius 2 is 1.71 bits per heavy atom. The summed E-state index contributed by atoms with van der Waals surface area (Å²) >= 11 is 0. The van der Waals surface area contributed by atoms with Gasteiger partial charge in [0, 0.05) is 32.7 Å². The summed E-state index contributed by atoms with van der Waals surface area (Å²) in [5.74, 6) is -0.421. The van der Waals surface area contributed by atoms with E-state index in [4.69, 9.17) is 0 Å². The van der Waals surface area contributed by atoms with E-state index in [1.807, 2.05) is 0 Å². The predicted octanol–water partition coefficient (Wildman–Crippen LogP) is 3.02. The number of halogens is 1. The highest BCUT2D eigenvalue weighted by Crippen LogP contribution is 2.21. The summed E-state index contributed by atoms with van der Waals surface area (Å²) in [6.07, 6.45) is 8.51. The van der Waals surface area contributed by atoms with Crippen LogP contribution in [0.25, 0.3) is 0 Å². The molecule has 3 rings (SSSR count). The monoisotopic (exact) mass is 352 g/mol. The molecule has 0 atom stereocenters. The lowest BCUT2D eigenvalue weighted by atomic mass is 9.97. The number of sulfonamides is 1. The van der Waals surface area contributed by atoms with Gasteiger partial charge in [0.1, 0.15) is 5.82 Å². The van der Waals surface area contributed by atoms with E-state index in [1.54, 1.807) is 5.57 Å². The fourth-order valence-electron chi connectivity index (χ4n) is 3.38. The van der Waals surface area contributed by atoms with Gasteiger partial charge in [-0.1, -0.05) is 11.6 Å². The first-order chi connectivity index (χ1) is 11.6. The fourth-order valence-corrected chi connectivity index (χ4v) is 4.80. The smallest absolute Gasteiger partial charge is 0.243 e. The minimum absolute atomic E-state index is 0.171. The molecule has 1 fully saturated rings. The number of allylic oxidation sites excluding steroid dienone is 1. The Labute approximate surface area is 144 Å². The third kappa shape index (κ3) is 4.23. The average Bonchev–Trinajstić information content (AvgIpc) is 2.61. The average molecular weight is 352 g/mol. The van der Waals surface area contributed by atoms with Gasteiger partial charge >= 0.3 is 0 Å². The van der Waals surface area contributed by atoms with Gasteiger partial charge in [0.05, 0.1) is 4.90 Å². The number of benzene rings is 1. The quantitative estimate of drug-likeness (QED) is 0.765. The molecule has 1 aromatic rings. The molecular weight excluding hydrogens is 327 g/mol. The molecule has 0 bridgehead atoms. The van der Waals surface area contributed by atoms with Crippen molar-refractivity contribution in [3.63, 3.8) is 0 Å². The molecule has 4 nitrogen and oxygen atoms in total. The van der Waals surface area contributed by atoms with Crippen molar-refractivity contribution in [2.45, 2.75) is 37.0 Å². The van der Waals surface area contributed by atoms with E-state index in [9.17, 15) is 12.8 Å². The molecule has 2 aliphatic rings. The van der Waals surface area contributed by atoms with E-state index < -0.39 is 15.8 Å². The summed E-state index contributed by atoms with van der Waals surface area (Å²) in [5, 5.41) is 0. The molecule has 0 spiro atoms. The molecule has 1 heterocycles. The van der Waals surface area contributed by atoms with Crippen molar-refractivity contribution >= 4 is 10.0 Å². The number of piperazine rings is 1. The van der Waals surface area contributed by atoms with Crippen LogP contribution in [0.2, 0.25) is 0 Å². The predicted molar refractivity (Wildman–Crippen MR) is 92.8 cm³/mol. The van der Waals surface area contributed by atoms with Crippen molar-refractivity contribution in [2.24, 2.45) is 0 Å². The second kappa shape index (κ2) is 7.76. The Hall–Kier alpha value is -1.24. The zero-order valence-electron chi connectivity index (χ0n) is 14.0. The maximum absolute atomic E-state index is 13.0. The van der Waals surface area contributed by atoms with Crippen LogP contribution >= 0.6 is 0 Å². The van der Waals surface area contributed by atoms with Gasteiger partial charge < -0.3 is 4.90 Å². The minimum atomic E-state index is -3.51. The first-order valence-electron chi connectivity index (χ1n) is 8.72. The van der Waals surface area contributed by atoms with Gasteiger partial charge in [0.15, 0.2) is 0 Å². The number of hydrogen-bond donors (Lipinski definition) is 0. The van der Waals surface area contributed by atoms with Gasteiger partial charge in [-0.05, 0) is 56.4 Å². The van der Waals surface area contributed by atoms with Crippen molar-refractivity contribution in [1.82, 2.24) is 9.21 Å². The molecule has 6 heteroatoms. The first kappa shape index (κ1) is 17.6. The zero-order chi connectivity index (χ0) is 17.0. The Balaban J connectivity index is 1.52. The SMILES string of the molecule is O=S(=O)(c1ccc(F)cc1)N1CCN(CCC2=CCCCC2)CC1. The van der Waals surface area contributed by atoms with Crippen LogP contribution in [-0.2, 0) is 10.0 Å². The second-order valence-corrected chi connectivity index (χ2v) is 8.50. The molecule has 0 N–H and O–H groups in total. The Bertz CT molecular complexity index is 677. The van der Waals surface area contributed by atoms with Gasteiger partial charge in [0.25, 0.3) is 0 Å². The third-order valence-electron chi connectivity index (χ3n) is 4.92. The molecule has 1 saturated heterocycles. The van der Waals surface area contributed by atoms with Crippen molar-refractivity contribution < 1.29 is 12.8 Å². The number of rotatable bonds is 5. The molecule has 24 heavy (non-hydrogen) atoms.